The van der Waals surface area contributed by atoms with Gasteiger partial charge in [0.25, 0.3) is 0 Å². The Morgan fingerprint density at radius 2 is 1.47 bits per heavy atom. The van der Waals surface area contributed by atoms with Gasteiger partial charge in [-0.15, -0.1) is 0 Å². The maximum absolute atomic E-state index is 5.75. The standard InChI is InChI=1S/C7H12ClN5S2/c1-3-14-12-6-9-5(8)10-7(11-6)13-15-4-2/h3-4H2,1-2H3,(H2,9,10,11,12,13). The van der Waals surface area contributed by atoms with E-state index < -0.39 is 0 Å². The molecule has 1 heterocycles. The monoisotopic (exact) mass is 265 g/mol. The van der Waals surface area contributed by atoms with Crippen LogP contribution in [0.3, 0.4) is 0 Å². The summed E-state index contributed by atoms with van der Waals surface area (Å²) < 4.78 is 5.95. The summed E-state index contributed by atoms with van der Waals surface area (Å²) in [5.41, 5.74) is 0. The van der Waals surface area contributed by atoms with Crippen molar-refractivity contribution in [1.29, 1.82) is 0 Å². The van der Waals surface area contributed by atoms with Crippen LogP contribution in [0.2, 0.25) is 5.28 Å². The Bertz CT molecular complexity index is 285. The lowest BCUT2D eigenvalue weighted by Gasteiger charge is -2.05. The normalized spacial score (nSPS) is 10.1. The number of hydrogen-bond donors (Lipinski definition) is 2. The summed E-state index contributed by atoms with van der Waals surface area (Å²) in [5, 5.41) is 0.184. The lowest BCUT2D eigenvalue weighted by molar-refractivity contribution is 1.08. The zero-order valence-electron chi connectivity index (χ0n) is 8.45. The summed E-state index contributed by atoms with van der Waals surface area (Å²) in [7, 11) is 0. The van der Waals surface area contributed by atoms with Crippen LogP contribution in [0.1, 0.15) is 13.8 Å². The Morgan fingerprint density at radius 3 is 1.87 bits per heavy atom. The van der Waals surface area contributed by atoms with Gasteiger partial charge in [0.2, 0.25) is 17.2 Å². The van der Waals surface area contributed by atoms with E-state index >= 15 is 0 Å². The summed E-state index contributed by atoms with van der Waals surface area (Å²) in [4.78, 5) is 12.0. The molecule has 0 saturated carbocycles. The van der Waals surface area contributed by atoms with Crippen LogP contribution in [0.15, 0.2) is 0 Å². The van der Waals surface area contributed by atoms with Gasteiger partial charge in [0.1, 0.15) is 0 Å². The first-order chi connectivity index (χ1) is 7.26. The van der Waals surface area contributed by atoms with Gasteiger partial charge in [-0.1, -0.05) is 37.7 Å². The van der Waals surface area contributed by atoms with Crippen molar-refractivity contribution in [3.05, 3.63) is 5.28 Å². The molecule has 0 amide bonds. The van der Waals surface area contributed by atoms with Gasteiger partial charge in [0.15, 0.2) is 0 Å². The molecule has 1 aromatic rings. The van der Waals surface area contributed by atoms with Crippen LogP contribution in [-0.4, -0.2) is 26.5 Å². The molecule has 0 aliphatic heterocycles. The van der Waals surface area contributed by atoms with Crippen LogP contribution in [-0.2, 0) is 0 Å². The van der Waals surface area contributed by atoms with E-state index in [1.807, 2.05) is 13.8 Å². The molecule has 0 unspecified atom stereocenters. The van der Waals surface area contributed by atoms with Crippen LogP contribution in [0.5, 0.6) is 0 Å². The highest BCUT2D eigenvalue weighted by Gasteiger charge is 2.03. The van der Waals surface area contributed by atoms with E-state index in [-0.39, 0.29) is 5.28 Å². The van der Waals surface area contributed by atoms with Crippen molar-refractivity contribution < 1.29 is 0 Å². The predicted molar refractivity (Wildman–Crippen MR) is 68.3 cm³/mol. The molecule has 0 aromatic carbocycles. The van der Waals surface area contributed by atoms with Crippen molar-refractivity contribution in [1.82, 2.24) is 15.0 Å². The Labute approximate surface area is 102 Å². The molecular weight excluding hydrogens is 254 g/mol. The second-order valence-corrected chi connectivity index (χ2v) is 4.80. The molecule has 0 atom stereocenters. The highest BCUT2D eigenvalue weighted by atomic mass is 35.5. The van der Waals surface area contributed by atoms with Gasteiger partial charge in [0, 0.05) is 11.5 Å². The Kier molecular flexibility index (Phi) is 5.89. The number of hydrogen-bond acceptors (Lipinski definition) is 7. The van der Waals surface area contributed by atoms with E-state index in [0.29, 0.717) is 11.9 Å². The number of anilines is 2. The minimum absolute atomic E-state index is 0.184. The SMILES string of the molecule is CCSNc1nc(Cl)nc(NSCC)n1. The van der Waals surface area contributed by atoms with Crippen molar-refractivity contribution in [2.75, 3.05) is 20.9 Å². The van der Waals surface area contributed by atoms with Crippen LogP contribution in [0.4, 0.5) is 11.9 Å². The number of nitrogens with one attached hydrogen (secondary N) is 2. The fourth-order valence-corrected chi connectivity index (χ4v) is 1.60. The van der Waals surface area contributed by atoms with Gasteiger partial charge in [-0.25, -0.2) is 0 Å². The highest BCUT2D eigenvalue weighted by molar-refractivity contribution is 8.00. The maximum Gasteiger partial charge on any atom is 0.239 e. The third kappa shape index (κ3) is 4.76. The Morgan fingerprint density at radius 1 is 1.00 bits per heavy atom. The molecule has 0 bridgehead atoms. The van der Waals surface area contributed by atoms with E-state index in [0.717, 1.165) is 11.5 Å². The van der Waals surface area contributed by atoms with E-state index in [4.69, 9.17) is 11.6 Å². The molecule has 2 N–H and O–H groups in total. The molecule has 8 heteroatoms. The van der Waals surface area contributed by atoms with E-state index in [1.54, 1.807) is 0 Å². The number of rotatable bonds is 6. The third-order valence-corrected chi connectivity index (χ3v) is 2.62. The van der Waals surface area contributed by atoms with Crippen molar-refractivity contribution in [3.8, 4) is 0 Å². The molecule has 5 nitrogen and oxygen atoms in total. The summed E-state index contributed by atoms with van der Waals surface area (Å²) in [6.07, 6.45) is 0. The van der Waals surface area contributed by atoms with Crippen LogP contribution >= 0.6 is 35.5 Å². The van der Waals surface area contributed by atoms with Gasteiger partial charge < -0.3 is 0 Å². The maximum atomic E-state index is 5.75. The summed E-state index contributed by atoms with van der Waals surface area (Å²) >= 11 is 8.76. The Balaban J connectivity index is 2.66. The molecule has 84 valence electrons. The molecule has 0 fully saturated rings. The average molecular weight is 266 g/mol. The van der Waals surface area contributed by atoms with Gasteiger partial charge in [-0.3, -0.25) is 9.44 Å². The minimum Gasteiger partial charge on any atom is -0.298 e. The third-order valence-electron chi connectivity index (χ3n) is 1.22. The van der Waals surface area contributed by atoms with Gasteiger partial charge in [0.05, 0.1) is 0 Å². The number of aromatic nitrogens is 3. The second kappa shape index (κ2) is 6.97. The first-order valence-electron chi connectivity index (χ1n) is 4.43. The molecule has 0 aliphatic carbocycles. The smallest absolute Gasteiger partial charge is 0.239 e. The van der Waals surface area contributed by atoms with E-state index in [1.165, 1.54) is 23.9 Å². The zero-order chi connectivity index (χ0) is 11.1. The molecule has 0 saturated heterocycles. The molecule has 0 radical (unpaired) electrons. The zero-order valence-corrected chi connectivity index (χ0v) is 10.8. The molecule has 1 aromatic heterocycles. The lowest BCUT2D eigenvalue weighted by atomic mass is 10.9. The molecule has 0 spiro atoms. The first kappa shape index (κ1) is 12.7. The van der Waals surface area contributed by atoms with Crippen molar-refractivity contribution in [3.63, 3.8) is 0 Å². The van der Waals surface area contributed by atoms with Gasteiger partial charge in [-0.2, -0.15) is 15.0 Å². The molecule has 1 rings (SSSR count). The van der Waals surface area contributed by atoms with Gasteiger partial charge >= 0.3 is 0 Å². The summed E-state index contributed by atoms with van der Waals surface area (Å²) in [5.74, 6) is 2.80. The highest BCUT2D eigenvalue weighted by Crippen LogP contribution is 2.14. The predicted octanol–water partition coefficient (Wildman–Crippen LogP) is 2.69. The van der Waals surface area contributed by atoms with E-state index in [9.17, 15) is 0 Å². The fraction of sp³-hybridized carbons (Fsp3) is 0.571. The molecular formula is C7H12ClN5S2. The second-order valence-electron chi connectivity index (χ2n) is 2.32. The largest absolute Gasteiger partial charge is 0.298 e. The quantitative estimate of drug-likeness (QED) is 0.767. The molecule has 0 aliphatic rings. The topological polar surface area (TPSA) is 62.7 Å². The Hall–Kier alpha value is -0.400. The van der Waals surface area contributed by atoms with Gasteiger partial charge in [-0.05, 0) is 11.6 Å². The van der Waals surface area contributed by atoms with Crippen LogP contribution in [0, 0.1) is 0 Å². The van der Waals surface area contributed by atoms with Crippen LogP contribution < -0.4 is 9.44 Å². The summed E-state index contributed by atoms with van der Waals surface area (Å²) in [6, 6.07) is 0. The molecule has 15 heavy (non-hydrogen) atoms. The number of nitrogens with zero attached hydrogens (tertiary/aromatic N) is 3. The minimum atomic E-state index is 0.184. The summed E-state index contributed by atoms with van der Waals surface area (Å²) in [6.45, 7) is 4.07. The fourth-order valence-electron chi connectivity index (χ4n) is 0.715. The van der Waals surface area contributed by atoms with Crippen LogP contribution in [0.25, 0.3) is 0 Å². The first-order valence-corrected chi connectivity index (χ1v) is 6.78. The lowest BCUT2D eigenvalue weighted by Crippen LogP contribution is -2.02. The van der Waals surface area contributed by atoms with E-state index in [2.05, 4.69) is 24.4 Å². The number of halogens is 1. The van der Waals surface area contributed by atoms with Crippen molar-refractivity contribution in [2.24, 2.45) is 0 Å². The van der Waals surface area contributed by atoms with Crippen molar-refractivity contribution in [2.45, 2.75) is 13.8 Å². The van der Waals surface area contributed by atoms with Crippen molar-refractivity contribution >= 4 is 47.4 Å². The average Bonchev–Trinajstić information content (AvgIpc) is 2.23.